The van der Waals surface area contributed by atoms with E-state index in [0.29, 0.717) is 9.75 Å². The van der Waals surface area contributed by atoms with Crippen LogP contribution in [-0.4, -0.2) is 23.2 Å². The lowest BCUT2D eigenvalue weighted by Crippen LogP contribution is -2.24. The highest BCUT2D eigenvalue weighted by atomic mass is 32.1. The van der Waals surface area contributed by atoms with Crippen molar-refractivity contribution in [3.63, 3.8) is 0 Å². The minimum absolute atomic E-state index is 0.362. The summed E-state index contributed by atoms with van der Waals surface area (Å²) in [6, 6.07) is 6.55. The molecule has 102 valence electrons. The molecule has 0 aliphatic heterocycles. The van der Waals surface area contributed by atoms with Gasteiger partial charge in [0.15, 0.2) is 0 Å². The van der Waals surface area contributed by atoms with Crippen molar-refractivity contribution in [3.05, 3.63) is 44.8 Å². The van der Waals surface area contributed by atoms with Gasteiger partial charge in [0.2, 0.25) is 17.3 Å². The van der Waals surface area contributed by atoms with E-state index >= 15 is 0 Å². The lowest BCUT2D eigenvalue weighted by atomic mass is 10.1. The van der Waals surface area contributed by atoms with Gasteiger partial charge in [0.1, 0.15) is 0 Å². The zero-order chi connectivity index (χ0) is 14.5. The fourth-order valence-electron chi connectivity index (χ4n) is 1.34. The summed E-state index contributed by atoms with van der Waals surface area (Å²) in [6.45, 7) is 1.15. The molecule has 0 radical (unpaired) electrons. The van der Waals surface area contributed by atoms with Gasteiger partial charge in [-0.05, 0) is 22.9 Å². The molecule has 0 saturated carbocycles. The van der Waals surface area contributed by atoms with E-state index in [9.17, 15) is 14.4 Å². The number of hydrogen-bond acceptors (Lipinski definition) is 7. The number of nitrogens with zero attached hydrogens (tertiary/aromatic N) is 1. The molecule has 20 heavy (non-hydrogen) atoms. The predicted molar refractivity (Wildman–Crippen MR) is 76.5 cm³/mol. The number of oxime groups is 1. The molecule has 0 aliphatic rings. The number of hydrogen-bond donors (Lipinski definition) is 0. The van der Waals surface area contributed by atoms with E-state index in [1.807, 2.05) is 0 Å². The molecule has 0 amide bonds. The van der Waals surface area contributed by atoms with Crippen LogP contribution in [-0.2, 0) is 9.63 Å². The summed E-state index contributed by atoms with van der Waals surface area (Å²) < 4.78 is 0. The fraction of sp³-hybridized carbons (Fsp3) is 0.0769. The summed E-state index contributed by atoms with van der Waals surface area (Å²) in [4.78, 5) is 40.5. The van der Waals surface area contributed by atoms with E-state index in [1.54, 1.807) is 35.0 Å². The SMILES string of the molecule is CC(=O)ON=C(C(=O)c1cccs1)C(=O)c1cccs1. The molecule has 2 aromatic heterocycles. The first kappa shape index (κ1) is 14.3. The Bertz CT molecular complexity index is 608. The van der Waals surface area contributed by atoms with Crippen LogP contribution in [0.1, 0.15) is 26.3 Å². The second kappa shape index (κ2) is 6.36. The standard InChI is InChI=1S/C13H9NO4S2/c1-8(15)18-14-11(12(16)9-4-2-6-19-9)13(17)10-5-3-7-20-10/h2-7H,1H3. The minimum atomic E-state index is -0.694. The van der Waals surface area contributed by atoms with E-state index in [-0.39, 0.29) is 0 Å². The van der Waals surface area contributed by atoms with Crippen molar-refractivity contribution in [2.24, 2.45) is 5.16 Å². The number of carbonyl (C=O) groups excluding carboxylic acids is 3. The van der Waals surface area contributed by atoms with Gasteiger partial charge in [0.25, 0.3) is 0 Å². The van der Waals surface area contributed by atoms with Crippen molar-refractivity contribution in [3.8, 4) is 0 Å². The van der Waals surface area contributed by atoms with Gasteiger partial charge < -0.3 is 4.84 Å². The normalized spacial score (nSPS) is 9.85. The smallest absolute Gasteiger partial charge is 0.318 e. The van der Waals surface area contributed by atoms with Gasteiger partial charge >= 0.3 is 5.97 Å². The summed E-state index contributed by atoms with van der Waals surface area (Å²) in [5.74, 6) is -1.81. The summed E-state index contributed by atoms with van der Waals surface area (Å²) in [6.07, 6.45) is 0. The second-order valence-corrected chi connectivity index (χ2v) is 5.53. The number of carbonyl (C=O) groups is 3. The zero-order valence-electron chi connectivity index (χ0n) is 10.4. The zero-order valence-corrected chi connectivity index (χ0v) is 12.0. The van der Waals surface area contributed by atoms with Crippen molar-refractivity contribution in [1.29, 1.82) is 0 Å². The quantitative estimate of drug-likeness (QED) is 0.280. The van der Waals surface area contributed by atoms with Crippen LogP contribution < -0.4 is 0 Å². The molecule has 0 N–H and O–H groups in total. The maximum Gasteiger partial charge on any atom is 0.332 e. The monoisotopic (exact) mass is 307 g/mol. The second-order valence-electron chi connectivity index (χ2n) is 3.64. The molecule has 5 nitrogen and oxygen atoms in total. The Hall–Kier alpha value is -2.12. The molecular weight excluding hydrogens is 298 g/mol. The third kappa shape index (κ3) is 3.25. The number of thiophene rings is 2. The molecule has 0 atom stereocenters. The van der Waals surface area contributed by atoms with Crippen molar-refractivity contribution < 1.29 is 19.2 Å². The average Bonchev–Trinajstić information content (AvgIpc) is 3.11. The van der Waals surface area contributed by atoms with Gasteiger partial charge in [0, 0.05) is 6.92 Å². The average molecular weight is 307 g/mol. The number of rotatable bonds is 5. The molecule has 2 rings (SSSR count). The molecule has 2 aromatic rings. The Morgan fingerprint density at radius 3 is 1.85 bits per heavy atom. The molecule has 0 unspecified atom stereocenters. The van der Waals surface area contributed by atoms with Crippen molar-refractivity contribution >= 4 is 45.9 Å². The van der Waals surface area contributed by atoms with Gasteiger partial charge in [-0.25, -0.2) is 4.79 Å². The first-order chi connectivity index (χ1) is 9.59. The minimum Gasteiger partial charge on any atom is -0.318 e. The third-order valence-electron chi connectivity index (χ3n) is 2.19. The van der Waals surface area contributed by atoms with Gasteiger partial charge in [0.05, 0.1) is 9.75 Å². The Balaban J connectivity index is 2.35. The lowest BCUT2D eigenvalue weighted by molar-refractivity contribution is -0.140. The molecule has 0 aliphatic carbocycles. The molecule has 0 spiro atoms. The fourth-order valence-corrected chi connectivity index (χ4v) is 2.67. The van der Waals surface area contributed by atoms with Crippen LogP contribution in [0.4, 0.5) is 0 Å². The van der Waals surface area contributed by atoms with E-state index in [1.165, 1.54) is 22.7 Å². The Labute approximate surface area is 122 Å². The van der Waals surface area contributed by atoms with Crippen LogP contribution in [0.2, 0.25) is 0 Å². The summed E-state index contributed by atoms with van der Waals surface area (Å²) in [5, 5.41) is 6.85. The Kier molecular flexibility index (Phi) is 4.54. The molecule has 2 heterocycles. The Morgan fingerprint density at radius 2 is 1.50 bits per heavy atom. The molecule has 0 bridgehead atoms. The molecule has 0 saturated heterocycles. The van der Waals surface area contributed by atoms with Crippen molar-refractivity contribution in [1.82, 2.24) is 0 Å². The molecular formula is C13H9NO4S2. The summed E-state index contributed by atoms with van der Waals surface area (Å²) >= 11 is 2.38. The largest absolute Gasteiger partial charge is 0.332 e. The van der Waals surface area contributed by atoms with Crippen molar-refractivity contribution in [2.75, 3.05) is 0 Å². The van der Waals surface area contributed by atoms with E-state index in [2.05, 4.69) is 9.99 Å². The van der Waals surface area contributed by atoms with Crippen LogP contribution in [0.3, 0.4) is 0 Å². The Morgan fingerprint density at radius 1 is 1.00 bits per heavy atom. The third-order valence-corrected chi connectivity index (χ3v) is 3.92. The van der Waals surface area contributed by atoms with Crippen LogP contribution in [0, 0.1) is 0 Å². The summed E-state index contributed by atoms with van der Waals surface area (Å²) in [5.41, 5.74) is -0.398. The van der Waals surface area contributed by atoms with Gasteiger partial charge in [-0.1, -0.05) is 17.3 Å². The number of ketones is 2. The van der Waals surface area contributed by atoms with E-state index in [4.69, 9.17) is 0 Å². The molecule has 0 aromatic carbocycles. The maximum atomic E-state index is 12.2. The van der Waals surface area contributed by atoms with E-state index < -0.39 is 23.2 Å². The van der Waals surface area contributed by atoms with E-state index in [0.717, 1.165) is 6.92 Å². The highest BCUT2D eigenvalue weighted by Gasteiger charge is 2.26. The highest BCUT2D eigenvalue weighted by Crippen LogP contribution is 2.15. The topological polar surface area (TPSA) is 72.8 Å². The molecule has 0 fully saturated rings. The van der Waals surface area contributed by atoms with Gasteiger partial charge in [-0.2, -0.15) is 0 Å². The summed E-state index contributed by atoms with van der Waals surface area (Å²) in [7, 11) is 0. The van der Waals surface area contributed by atoms with Crippen LogP contribution in [0.15, 0.2) is 40.2 Å². The number of Topliss-reactive ketones (excluding diaryl/α,β-unsaturated/α-hetero) is 2. The van der Waals surface area contributed by atoms with Crippen LogP contribution >= 0.6 is 22.7 Å². The van der Waals surface area contributed by atoms with Crippen LogP contribution in [0.25, 0.3) is 0 Å². The first-order valence-corrected chi connectivity index (χ1v) is 7.27. The maximum absolute atomic E-state index is 12.2. The first-order valence-electron chi connectivity index (χ1n) is 5.51. The van der Waals surface area contributed by atoms with Gasteiger partial charge in [-0.15, -0.1) is 22.7 Å². The van der Waals surface area contributed by atoms with Crippen LogP contribution in [0.5, 0.6) is 0 Å². The molecule has 7 heteroatoms. The van der Waals surface area contributed by atoms with Gasteiger partial charge in [-0.3, -0.25) is 9.59 Å². The highest BCUT2D eigenvalue weighted by molar-refractivity contribution is 7.15. The van der Waals surface area contributed by atoms with Crippen molar-refractivity contribution in [2.45, 2.75) is 6.92 Å². The predicted octanol–water partition coefficient (Wildman–Crippen LogP) is 2.79. The lowest BCUT2D eigenvalue weighted by Gasteiger charge is -2.01.